The maximum absolute atomic E-state index is 15.9. The molecule has 5 rings (SSSR count). The monoisotopic (exact) mass is 693 g/mol. The second kappa shape index (κ2) is 16.1. The van der Waals surface area contributed by atoms with E-state index in [2.05, 4.69) is 40.1 Å². The lowest BCUT2D eigenvalue weighted by Gasteiger charge is -2.41. The number of carbonyl (C=O) groups excluding carboxylic acids is 2. The van der Waals surface area contributed by atoms with Gasteiger partial charge in [-0.2, -0.15) is 10.2 Å². The van der Waals surface area contributed by atoms with Gasteiger partial charge < -0.3 is 15.8 Å². The summed E-state index contributed by atoms with van der Waals surface area (Å²) in [6, 6.07) is 2.34. The van der Waals surface area contributed by atoms with Crippen molar-refractivity contribution in [1.29, 1.82) is 0 Å². The van der Waals surface area contributed by atoms with Crippen LogP contribution in [0.25, 0.3) is 11.1 Å². The van der Waals surface area contributed by atoms with Gasteiger partial charge in [-0.25, -0.2) is 14.1 Å². The molecule has 0 radical (unpaired) electrons. The second-order valence-corrected chi connectivity index (χ2v) is 21.0. The number of nitrogens with one attached hydrogen (secondary N) is 1. The van der Waals surface area contributed by atoms with Crippen LogP contribution in [0.1, 0.15) is 104 Å². The van der Waals surface area contributed by atoms with E-state index < -0.39 is 25.7 Å². The fraction of sp³-hybridized carbons (Fsp3) is 0.649. The van der Waals surface area contributed by atoms with Crippen molar-refractivity contribution in [2.24, 2.45) is 23.5 Å². The van der Waals surface area contributed by atoms with Crippen molar-refractivity contribution in [2.75, 3.05) is 11.9 Å². The van der Waals surface area contributed by atoms with E-state index in [-0.39, 0.29) is 23.3 Å². The molecule has 0 aliphatic heterocycles. The van der Waals surface area contributed by atoms with Crippen LogP contribution in [0, 0.1) is 37.4 Å². The van der Waals surface area contributed by atoms with Crippen LogP contribution in [-0.4, -0.2) is 51.0 Å². The Balaban J connectivity index is 1.45. The van der Waals surface area contributed by atoms with E-state index in [0.29, 0.717) is 54.1 Å². The Morgan fingerprint density at radius 3 is 2.20 bits per heavy atom. The van der Waals surface area contributed by atoms with Gasteiger partial charge in [0.2, 0.25) is 5.91 Å². The first-order valence-electron chi connectivity index (χ1n) is 18.3. The highest BCUT2D eigenvalue weighted by Gasteiger charge is 2.43. The summed E-state index contributed by atoms with van der Waals surface area (Å²) in [5.41, 5.74) is 9.25. The molecular formula is C37H56FN7O3Si. The Morgan fingerprint density at radius 1 is 1.02 bits per heavy atom. The molecule has 2 aliphatic carbocycles. The van der Waals surface area contributed by atoms with Gasteiger partial charge in [0.05, 0.1) is 17.8 Å². The van der Waals surface area contributed by atoms with Gasteiger partial charge in [-0.05, 0) is 44.6 Å². The van der Waals surface area contributed by atoms with E-state index >= 15 is 4.39 Å². The fourth-order valence-corrected chi connectivity index (χ4v) is 9.01. The topological polar surface area (TPSA) is 130 Å². The normalized spacial score (nSPS) is 17.1. The van der Waals surface area contributed by atoms with Crippen molar-refractivity contribution in [3.8, 4) is 11.1 Å². The molecular weight excluding hydrogens is 638 g/mol. The number of hydrogen-bond donors (Lipinski definition) is 2. The highest BCUT2D eigenvalue weighted by atomic mass is 28.3. The molecule has 0 bridgehead atoms. The third-order valence-electron chi connectivity index (χ3n) is 10.8. The van der Waals surface area contributed by atoms with Crippen molar-refractivity contribution in [3.05, 3.63) is 46.9 Å². The van der Waals surface area contributed by atoms with Gasteiger partial charge in [-0.1, -0.05) is 83.8 Å². The summed E-state index contributed by atoms with van der Waals surface area (Å²) in [5, 5.41) is 12.1. The van der Waals surface area contributed by atoms with Crippen LogP contribution in [0.3, 0.4) is 0 Å². The number of nitrogens with two attached hydrogens (primary N) is 1. The minimum Gasteiger partial charge on any atom is -0.364 e. The largest absolute Gasteiger partial charge is 0.364 e. The summed E-state index contributed by atoms with van der Waals surface area (Å²) in [7, 11) is -1.22. The van der Waals surface area contributed by atoms with Crippen molar-refractivity contribution >= 4 is 25.7 Å². The minimum atomic E-state index is -1.22. The molecule has 3 aromatic rings. The molecule has 268 valence electrons. The molecule has 2 aliphatic rings. The van der Waals surface area contributed by atoms with E-state index in [4.69, 9.17) is 10.5 Å². The number of primary amides is 1. The second-order valence-electron chi connectivity index (χ2n) is 15.4. The lowest BCUT2D eigenvalue weighted by Crippen LogP contribution is -2.39. The molecule has 0 aromatic carbocycles. The third-order valence-corrected chi connectivity index (χ3v) is 12.5. The first-order valence-corrected chi connectivity index (χ1v) is 22.0. The first kappa shape index (κ1) is 36.9. The Kier molecular flexibility index (Phi) is 12.1. The predicted octanol–water partition coefficient (Wildman–Crippen LogP) is 7.83. The van der Waals surface area contributed by atoms with Crippen LogP contribution in [-0.2, 0) is 22.8 Å². The zero-order valence-electron chi connectivity index (χ0n) is 30.4. The molecule has 2 amide bonds. The fourth-order valence-electron chi connectivity index (χ4n) is 8.26. The number of aryl methyl sites for hydroxylation is 2. The van der Waals surface area contributed by atoms with Crippen LogP contribution in [0.5, 0.6) is 0 Å². The smallest absolute Gasteiger partial charge is 0.267 e. The van der Waals surface area contributed by atoms with Crippen molar-refractivity contribution in [2.45, 2.75) is 130 Å². The number of amides is 2. The molecule has 12 heteroatoms. The van der Waals surface area contributed by atoms with Gasteiger partial charge in [-0.15, -0.1) is 0 Å². The van der Waals surface area contributed by atoms with Gasteiger partial charge in [0, 0.05) is 55.9 Å². The number of anilines is 1. The molecule has 2 saturated carbocycles. The van der Waals surface area contributed by atoms with Gasteiger partial charge in [0.15, 0.2) is 0 Å². The van der Waals surface area contributed by atoms with E-state index in [9.17, 15) is 9.59 Å². The van der Waals surface area contributed by atoms with Crippen LogP contribution >= 0.6 is 0 Å². The number of ether oxygens (including phenoxy) is 1. The minimum absolute atomic E-state index is 0.0152. The highest BCUT2D eigenvalue weighted by Crippen LogP contribution is 2.48. The molecule has 2 fully saturated rings. The predicted molar refractivity (Wildman–Crippen MR) is 193 cm³/mol. The van der Waals surface area contributed by atoms with Crippen LogP contribution in [0.15, 0.2) is 18.5 Å². The first-order chi connectivity index (χ1) is 23.4. The number of hydrogen-bond acceptors (Lipinski definition) is 6. The average molecular weight is 694 g/mol. The SMILES string of the molecule is CCn1ncc(C(C(=O)Nc2cc(F)c(-c3c(C)nn(COCC[Si](C)(C)C)c3C)cn2)C(C2CCCCC2)C2CCCCC2)c1C(N)=O. The molecule has 10 nitrogen and oxygen atoms in total. The van der Waals surface area contributed by atoms with Crippen molar-refractivity contribution in [1.82, 2.24) is 24.5 Å². The molecule has 3 aromatic heterocycles. The maximum Gasteiger partial charge on any atom is 0.267 e. The number of pyridine rings is 1. The van der Waals surface area contributed by atoms with Crippen molar-refractivity contribution < 1.29 is 18.7 Å². The molecule has 49 heavy (non-hydrogen) atoms. The number of carbonyl (C=O) groups is 2. The molecule has 3 N–H and O–H groups in total. The summed E-state index contributed by atoms with van der Waals surface area (Å²) in [5.74, 6) is -1.24. The summed E-state index contributed by atoms with van der Waals surface area (Å²) in [6.07, 6.45) is 14.3. The van der Waals surface area contributed by atoms with Crippen LogP contribution in [0.2, 0.25) is 25.7 Å². The number of nitrogens with zero attached hydrogens (tertiary/aromatic N) is 5. The van der Waals surface area contributed by atoms with Gasteiger partial charge in [-0.3, -0.25) is 14.3 Å². The lowest BCUT2D eigenvalue weighted by atomic mass is 9.63. The average Bonchev–Trinajstić information content (AvgIpc) is 3.62. The summed E-state index contributed by atoms with van der Waals surface area (Å²) in [4.78, 5) is 32.0. The van der Waals surface area contributed by atoms with Gasteiger partial charge in [0.25, 0.3) is 5.91 Å². The molecule has 0 spiro atoms. The Labute approximate surface area is 291 Å². The maximum atomic E-state index is 15.9. The Bertz CT molecular complexity index is 1580. The number of halogens is 1. The summed E-state index contributed by atoms with van der Waals surface area (Å²) in [6.45, 7) is 14.0. The third kappa shape index (κ3) is 8.68. The van der Waals surface area contributed by atoms with Crippen LogP contribution in [0.4, 0.5) is 10.2 Å². The Morgan fingerprint density at radius 2 is 1.65 bits per heavy atom. The summed E-state index contributed by atoms with van der Waals surface area (Å²) >= 11 is 0. The highest BCUT2D eigenvalue weighted by molar-refractivity contribution is 6.76. The zero-order chi connectivity index (χ0) is 35.3. The van der Waals surface area contributed by atoms with E-state index in [1.165, 1.54) is 25.1 Å². The zero-order valence-corrected chi connectivity index (χ0v) is 31.4. The Hall–Kier alpha value is -3.38. The quantitative estimate of drug-likeness (QED) is 0.131. The van der Waals surface area contributed by atoms with Gasteiger partial charge >= 0.3 is 0 Å². The lowest BCUT2D eigenvalue weighted by molar-refractivity contribution is -0.120. The van der Waals surface area contributed by atoms with E-state index in [1.807, 2.05) is 20.8 Å². The molecule has 1 unspecified atom stereocenters. The van der Waals surface area contributed by atoms with Crippen molar-refractivity contribution in [3.63, 3.8) is 0 Å². The molecule has 3 heterocycles. The number of aromatic nitrogens is 5. The molecule has 1 atom stereocenters. The number of rotatable bonds is 14. The summed E-state index contributed by atoms with van der Waals surface area (Å²) < 4.78 is 25.2. The van der Waals surface area contributed by atoms with Crippen LogP contribution < -0.4 is 11.1 Å². The molecule has 0 saturated heterocycles. The standard InChI is InChI=1S/C37H56FN7O3Si/c1-7-44-35(36(39)46)29(22-41-44)34(33(26-14-10-8-11-15-26)27-16-12-9-13-17-27)37(47)42-31-20-30(38)28(21-40-31)32-24(2)43-45(25(32)3)23-48-18-19-49(4,5)6/h20-22,26-27,33-34H,7-19,23H2,1-6H3,(H2,39,46)(H,40,42,47). The van der Waals surface area contributed by atoms with Gasteiger partial charge in [0.1, 0.15) is 24.1 Å². The van der Waals surface area contributed by atoms with E-state index in [0.717, 1.165) is 63.1 Å². The van der Waals surface area contributed by atoms with E-state index in [1.54, 1.807) is 15.6 Å².